The molecule has 2 heterocycles. The second kappa shape index (κ2) is 23.5. The normalized spacial score (nSPS) is 10.2. The van der Waals surface area contributed by atoms with Crippen molar-refractivity contribution in [1.82, 2.24) is 34.8 Å². The molecule has 0 saturated carbocycles. The Morgan fingerprint density at radius 2 is 1.57 bits per heavy atom. The largest absolute Gasteiger partial charge is 1.00 e. The number of aliphatic carboxylic acids is 1. The van der Waals surface area contributed by atoms with Crippen LogP contribution in [0.2, 0.25) is 0 Å². The quantitative estimate of drug-likeness (QED) is 0.0328. The summed E-state index contributed by atoms with van der Waals surface area (Å²) in [6, 6.07) is 4.13. The second-order valence-electron chi connectivity index (χ2n) is 8.59. The monoisotopic (exact) mass is 712 g/mol. The van der Waals surface area contributed by atoms with Crippen molar-refractivity contribution >= 4 is 65.2 Å². The number of carboxylic acid groups (broad SMARTS) is 2. The maximum Gasteiger partial charge on any atom is 1.00 e. The van der Waals surface area contributed by atoms with Gasteiger partial charge in [-0.15, -0.1) is 0 Å². The zero-order valence-electron chi connectivity index (χ0n) is 25.9. The molecule has 3 rings (SSSR count). The first-order valence-corrected chi connectivity index (χ1v) is 12.2. The molecule has 46 heavy (non-hydrogen) atoms. The Kier molecular flexibility index (Phi) is 23.1. The van der Waals surface area contributed by atoms with E-state index in [1.165, 1.54) is 18.2 Å². The first-order valence-electron chi connectivity index (χ1n) is 12.2. The van der Waals surface area contributed by atoms with E-state index in [0.29, 0.717) is 13.1 Å². The second-order valence-corrected chi connectivity index (χ2v) is 8.59. The van der Waals surface area contributed by atoms with E-state index in [-0.39, 0.29) is 219 Å². The van der Waals surface area contributed by atoms with Gasteiger partial charge in [-0.2, -0.15) is 29.9 Å². The minimum absolute atomic E-state index is 0. The third kappa shape index (κ3) is 16.5. The summed E-state index contributed by atoms with van der Waals surface area (Å²) in [5.74, 6) is -3.20. The number of nitrogens with two attached hydrogens (primary N) is 1. The Balaban J connectivity index is 0.00000675. The molecule has 0 amide bonds. The molecule has 0 radical (unpaired) electrons. The van der Waals surface area contributed by atoms with E-state index in [2.05, 4.69) is 72.9 Å². The molecule has 7 N–H and O–H groups in total. The molecular weight excluding hydrogens is 686 g/mol. The molecule has 0 fully saturated rings. The van der Waals surface area contributed by atoms with Gasteiger partial charge in [0, 0.05) is 30.6 Å². The fraction of sp³-hybridized carbons (Fsp3) is 0.261. The smallest absolute Gasteiger partial charge is 0.723 e. The number of aromatic nitrogens is 6. The molecular formula is C23H27K3N14O6. The van der Waals surface area contributed by atoms with Crippen LogP contribution in [0.5, 0.6) is 0 Å². The zero-order chi connectivity index (χ0) is 31.4. The minimum Gasteiger partial charge on any atom is -0.723 e. The summed E-state index contributed by atoms with van der Waals surface area (Å²) in [4.78, 5) is 57.1. The van der Waals surface area contributed by atoms with Crippen LogP contribution in [-0.4, -0.2) is 93.3 Å². The fourth-order valence-electron chi connectivity index (χ4n) is 3.11. The Morgan fingerprint density at radius 1 is 0.957 bits per heavy atom. The van der Waals surface area contributed by atoms with Crippen LogP contribution >= 0.6 is 0 Å². The van der Waals surface area contributed by atoms with Crippen molar-refractivity contribution in [3.05, 3.63) is 36.2 Å². The molecule has 0 unspecified atom stereocenters. The standard InChI is InChI=1S/C23H30N14O6.3K/c1-12(24)28-21-32-19(26-7-9-43-42)33-22(36-21)29-13-4-5-15(14(10-13)17(40)41)30-23-34-18(25-6-8-37(2)3)31-20(35-23)27-11-16(38)39;;;/h4-5,7,10,42H,1,6,8-9,11,24H2,2-3H3,(H,38,39)(H,40,41)(H2,28,29,32,33,36)(H3,25,27,30,31,34,35);;;/q;3*+1/p-3/b26-7-;;;. The average Bonchev–Trinajstić information content (AvgIpc) is 2.92. The van der Waals surface area contributed by atoms with Gasteiger partial charge in [-0.25, -0.2) is 4.99 Å². The van der Waals surface area contributed by atoms with Crippen molar-refractivity contribution in [3.63, 3.8) is 0 Å². The van der Waals surface area contributed by atoms with Crippen molar-refractivity contribution in [2.45, 2.75) is 0 Å². The number of rotatable bonds is 17. The predicted octanol–water partition coefficient (Wildman–Crippen LogP) is -12.1. The molecule has 23 heteroatoms. The van der Waals surface area contributed by atoms with Crippen LogP contribution < -0.4 is 202 Å². The van der Waals surface area contributed by atoms with Crippen molar-refractivity contribution in [2.75, 3.05) is 66.9 Å². The van der Waals surface area contributed by atoms with Gasteiger partial charge in [0.15, 0.2) is 0 Å². The van der Waals surface area contributed by atoms with Gasteiger partial charge in [0.1, 0.15) is 0 Å². The SMILES string of the molecule is C=C(N)Nc1nc(/N=C\CO[O-])nc(Nc2ccc(Nc3nc(NCCN(C)C)nc(NCC(=O)[O-])n3)c(C(=O)[O-])c2)n1.[K+].[K+].[K+]. The van der Waals surface area contributed by atoms with E-state index in [4.69, 9.17) is 5.73 Å². The van der Waals surface area contributed by atoms with Crippen molar-refractivity contribution in [3.8, 4) is 0 Å². The molecule has 3 aromatic rings. The Hall–Kier alpha value is -0.821. The summed E-state index contributed by atoms with van der Waals surface area (Å²) in [5.41, 5.74) is 5.53. The van der Waals surface area contributed by atoms with E-state index >= 15 is 0 Å². The molecule has 0 bridgehead atoms. The molecule has 0 aliphatic rings. The number of hydrogen-bond acceptors (Lipinski definition) is 20. The number of likely N-dealkylation sites (N-methyl/N-ethyl adjacent to an activating group) is 1. The third-order valence-electron chi connectivity index (χ3n) is 4.86. The third-order valence-corrected chi connectivity index (χ3v) is 4.86. The van der Waals surface area contributed by atoms with E-state index in [9.17, 15) is 25.1 Å². The van der Waals surface area contributed by atoms with Crippen molar-refractivity contribution in [2.24, 2.45) is 10.7 Å². The number of nitrogens with zero attached hydrogens (tertiary/aromatic N) is 8. The number of aromatic carboxylic acids is 1. The maximum atomic E-state index is 12.0. The number of hydrogen-bond donors (Lipinski definition) is 6. The van der Waals surface area contributed by atoms with Crippen molar-refractivity contribution in [1.29, 1.82) is 0 Å². The van der Waals surface area contributed by atoms with Crippen LogP contribution in [0, 0.1) is 0 Å². The average molecular weight is 713 g/mol. The first-order chi connectivity index (χ1) is 20.5. The van der Waals surface area contributed by atoms with Gasteiger partial charge in [0.05, 0.1) is 36.6 Å². The summed E-state index contributed by atoms with van der Waals surface area (Å²) in [7, 11) is 3.75. The molecule has 1 aromatic carbocycles. The van der Waals surface area contributed by atoms with Crippen LogP contribution in [0.1, 0.15) is 10.4 Å². The number of carbonyl (C=O) groups is 2. The van der Waals surface area contributed by atoms with E-state index < -0.39 is 18.5 Å². The van der Waals surface area contributed by atoms with Gasteiger partial charge >= 0.3 is 154 Å². The molecule has 228 valence electrons. The number of benzene rings is 1. The number of anilines is 7. The molecule has 0 aliphatic carbocycles. The minimum atomic E-state index is -1.54. The topological polar surface area (TPSA) is 292 Å². The van der Waals surface area contributed by atoms with E-state index in [0.717, 1.165) is 6.21 Å². The number of carbonyl (C=O) groups excluding carboxylic acids is 2. The summed E-state index contributed by atoms with van der Waals surface area (Å²) in [5, 5.41) is 46.9. The number of carboxylic acids is 2. The maximum absolute atomic E-state index is 12.0. The van der Waals surface area contributed by atoms with Crippen LogP contribution in [0.3, 0.4) is 0 Å². The fourth-order valence-corrected chi connectivity index (χ4v) is 3.11. The molecule has 0 aliphatic heterocycles. The summed E-state index contributed by atoms with van der Waals surface area (Å²) >= 11 is 0. The summed E-state index contributed by atoms with van der Waals surface area (Å²) in [6.45, 7) is 3.69. The summed E-state index contributed by atoms with van der Waals surface area (Å²) < 4.78 is 0. The van der Waals surface area contributed by atoms with Gasteiger partial charge in [0.2, 0.25) is 29.7 Å². The van der Waals surface area contributed by atoms with Crippen LogP contribution in [0.15, 0.2) is 35.6 Å². The molecule has 0 spiro atoms. The van der Waals surface area contributed by atoms with Crippen LogP contribution in [-0.2, 0) is 9.68 Å². The zero-order valence-corrected chi connectivity index (χ0v) is 35.3. The molecule has 20 nitrogen and oxygen atoms in total. The van der Waals surface area contributed by atoms with Crippen LogP contribution in [0.25, 0.3) is 0 Å². The Labute approximate surface area is 390 Å². The van der Waals surface area contributed by atoms with Gasteiger partial charge in [0.25, 0.3) is 5.95 Å². The number of nitrogens with one attached hydrogen (secondary N) is 5. The Morgan fingerprint density at radius 3 is 2.17 bits per heavy atom. The molecule has 0 atom stereocenters. The van der Waals surface area contributed by atoms with Gasteiger partial charge in [-0.05, 0) is 32.3 Å². The molecule has 0 saturated heterocycles. The Bertz CT molecular complexity index is 1500. The van der Waals surface area contributed by atoms with Crippen LogP contribution in [0.4, 0.5) is 47.1 Å². The van der Waals surface area contributed by atoms with Gasteiger partial charge in [-0.3, -0.25) is 0 Å². The predicted molar refractivity (Wildman–Crippen MR) is 149 cm³/mol. The summed E-state index contributed by atoms with van der Waals surface area (Å²) in [6.07, 6.45) is 1.13. The van der Waals surface area contributed by atoms with Gasteiger partial charge in [-0.1, -0.05) is 6.58 Å². The number of aliphatic imine (C=N–C) groups is 1. The van der Waals surface area contributed by atoms with Crippen molar-refractivity contribution < 1.29 is 184 Å². The molecule has 2 aromatic heterocycles. The van der Waals surface area contributed by atoms with E-state index in [1.54, 1.807) is 0 Å². The first kappa shape index (κ1) is 45.2. The van der Waals surface area contributed by atoms with Gasteiger partial charge < -0.3 is 67.2 Å². The van der Waals surface area contributed by atoms with E-state index in [1.807, 2.05) is 19.0 Å².